The van der Waals surface area contributed by atoms with Crippen molar-refractivity contribution in [2.24, 2.45) is 5.92 Å². The number of aromatic nitrogens is 1. The van der Waals surface area contributed by atoms with Gasteiger partial charge in [-0.3, -0.25) is 9.78 Å². The Bertz CT molecular complexity index is 506. The Balaban J connectivity index is 2.35. The van der Waals surface area contributed by atoms with E-state index >= 15 is 0 Å². The van der Waals surface area contributed by atoms with Crippen LogP contribution in [0, 0.1) is 5.92 Å². The van der Waals surface area contributed by atoms with Gasteiger partial charge in [-0.1, -0.05) is 0 Å². The molecule has 0 radical (unpaired) electrons. The molecule has 17 heavy (non-hydrogen) atoms. The average molecular weight is 243 g/mol. The van der Waals surface area contributed by atoms with Crippen molar-refractivity contribution in [2.45, 2.75) is 24.5 Å². The number of aromatic amines is 1. The summed E-state index contributed by atoms with van der Waals surface area (Å²) in [6.45, 7) is -0.274. The molecule has 0 aromatic carbocycles. The van der Waals surface area contributed by atoms with E-state index < -0.39 is 35.4 Å². The summed E-state index contributed by atoms with van der Waals surface area (Å²) < 4.78 is 4.54. The first-order valence-corrected chi connectivity index (χ1v) is 5.23. The van der Waals surface area contributed by atoms with Gasteiger partial charge in [0.25, 0.3) is 5.56 Å². The van der Waals surface area contributed by atoms with Gasteiger partial charge >= 0.3 is 5.76 Å². The van der Waals surface area contributed by atoms with E-state index in [1.54, 1.807) is 0 Å². The molecule has 7 nitrogen and oxygen atoms in total. The van der Waals surface area contributed by atoms with Gasteiger partial charge in [0.2, 0.25) is 0 Å². The van der Waals surface area contributed by atoms with E-state index in [0.717, 1.165) is 6.26 Å². The third kappa shape index (κ3) is 2.04. The van der Waals surface area contributed by atoms with Gasteiger partial charge < -0.3 is 19.7 Å². The second kappa shape index (κ2) is 4.44. The van der Waals surface area contributed by atoms with Crippen molar-refractivity contribution in [2.75, 3.05) is 6.61 Å². The third-order valence-corrected chi connectivity index (χ3v) is 3.21. The highest BCUT2D eigenvalue weighted by molar-refractivity contribution is 5.16. The second-order valence-corrected chi connectivity index (χ2v) is 4.20. The molecular formula is C10H13NO6. The van der Waals surface area contributed by atoms with Gasteiger partial charge in [0.05, 0.1) is 17.8 Å². The molecule has 1 heterocycles. The molecule has 7 heteroatoms. The maximum absolute atomic E-state index is 11.5. The summed E-state index contributed by atoms with van der Waals surface area (Å²) in [5.74, 6) is -2.00. The molecule has 1 aliphatic rings. The Labute approximate surface area is 95.3 Å². The van der Waals surface area contributed by atoms with Crippen molar-refractivity contribution >= 4 is 0 Å². The molecular weight excluding hydrogens is 230 g/mol. The van der Waals surface area contributed by atoms with Crippen LogP contribution >= 0.6 is 0 Å². The fourth-order valence-electron chi connectivity index (χ4n) is 2.24. The predicted octanol–water partition coefficient (Wildman–Crippen LogP) is -1.85. The van der Waals surface area contributed by atoms with Crippen molar-refractivity contribution in [3.8, 4) is 0 Å². The minimum absolute atomic E-state index is 0.104. The Kier molecular flexibility index (Phi) is 3.14. The summed E-state index contributed by atoms with van der Waals surface area (Å²) in [5, 5.41) is 28.4. The molecule has 1 aromatic heterocycles. The van der Waals surface area contributed by atoms with Gasteiger partial charge in [0.1, 0.15) is 6.26 Å². The summed E-state index contributed by atoms with van der Waals surface area (Å²) >= 11 is 0. The average Bonchev–Trinajstić information content (AvgIpc) is 2.57. The molecule has 2 rings (SSSR count). The zero-order chi connectivity index (χ0) is 12.6. The topological polar surface area (TPSA) is 124 Å². The Hall–Kier alpha value is -1.44. The molecule has 94 valence electrons. The summed E-state index contributed by atoms with van der Waals surface area (Å²) in [5.41, 5.74) is -0.539. The number of hydrogen-bond donors (Lipinski definition) is 4. The van der Waals surface area contributed by atoms with E-state index in [1.165, 1.54) is 0 Å². The van der Waals surface area contributed by atoms with E-state index in [-0.39, 0.29) is 18.6 Å². The molecule has 0 bridgehead atoms. The molecule has 0 spiro atoms. The number of H-pyrrole nitrogens is 1. The number of rotatable bonds is 2. The number of aliphatic hydroxyl groups excluding tert-OH is 3. The molecule has 4 atom stereocenters. The van der Waals surface area contributed by atoms with Crippen molar-refractivity contribution in [1.29, 1.82) is 0 Å². The normalized spacial score (nSPS) is 32.9. The fraction of sp³-hybridized carbons (Fsp3) is 0.600. The highest BCUT2D eigenvalue weighted by Gasteiger charge is 2.42. The lowest BCUT2D eigenvalue weighted by Crippen LogP contribution is -2.31. The SMILES string of the molecule is O=c1[nH]c(=O)c([C@@H]2C[C@H](CO)[C@@H](O)[C@H]2O)co1. The maximum atomic E-state index is 11.5. The summed E-state index contributed by atoms with van der Waals surface area (Å²) in [6.07, 6.45) is -0.991. The van der Waals surface area contributed by atoms with Crippen LogP contribution in [-0.4, -0.2) is 39.1 Å². The smallest absolute Gasteiger partial charge is 0.417 e. The van der Waals surface area contributed by atoms with Crippen LogP contribution in [0.1, 0.15) is 17.9 Å². The van der Waals surface area contributed by atoms with Crippen LogP contribution in [0.15, 0.2) is 20.3 Å². The van der Waals surface area contributed by atoms with Crippen LogP contribution in [0.4, 0.5) is 0 Å². The van der Waals surface area contributed by atoms with Crippen LogP contribution in [0.3, 0.4) is 0 Å². The first kappa shape index (κ1) is 12.0. The Morgan fingerprint density at radius 1 is 1.35 bits per heavy atom. The zero-order valence-electron chi connectivity index (χ0n) is 8.87. The molecule has 0 unspecified atom stereocenters. The standard InChI is InChI=1S/C10H13NO6/c12-2-4-1-5(8(14)7(4)13)6-3-17-10(16)11-9(6)15/h3-5,7-8,12-14H,1-2H2,(H,11,15,16)/t4-,5+,7-,8+/m1/s1. The van der Waals surface area contributed by atoms with Crippen molar-refractivity contribution < 1.29 is 19.7 Å². The summed E-state index contributed by atoms with van der Waals surface area (Å²) in [4.78, 5) is 24.2. The number of aliphatic hydroxyl groups is 3. The van der Waals surface area contributed by atoms with Crippen molar-refractivity contribution in [1.82, 2.24) is 4.98 Å². The van der Waals surface area contributed by atoms with Gasteiger partial charge in [-0.05, 0) is 6.42 Å². The predicted molar refractivity (Wildman–Crippen MR) is 55.5 cm³/mol. The zero-order valence-corrected chi connectivity index (χ0v) is 8.87. The maximum Gasteiger partial charge on any atom is 0.419 e. The molecule has 1 aliphatic carbocycles. The quantitative estimate of drug-likeness (QED) is 0.483. The largest absolute Gasteiger partial charge is 0.419 e. The van der Waals surface area contributed by atoms with E-state index in [0.29, 0.717) is 0 Å². The second-order valence-electron chi connectivity index (χ2n) is 4.20. The van der Waals surface area contributed by atoms with E-state index in [1.807, 2.05) is 4.98 Å². The van der Waals surface area contributed by atoms with Crippen LogP contribution < -0.4 is 11.3 Å². The van der Waals surface area contributed by atoms with Crippen LogP contribution in [0.2, 0.25) is 0 Å². The lowest BCUT2D eigenvalue weighted by atomic mass is 9.98. The number of hydrogen-bond acceptors (Lipinski definition) is 6. The summed E-state index contributed by atoms with van der Waals surface area (Å²) in [7, 11) is 0. The first-order chi connectivity index (χ1) is 8.04. The van der Waals surface area contributed by atoms with Gasteiger partial charge in [-0.2, -0.15) is 0 Å². The molecule has 1 aromatic rings. The number of nitrogens with one attached hydrogen (secondary N) is 1. The molecule has 0 aliphatic heterocycles. The molecule has 0 amide bonds. The monoisotopic (exact) mass is 243 g/mol. The van der Waals surface area contributed by atoms with Gasteiger partial charge in [0.15, 0.2) is 0 Å². The summed E-state index contributed by atoms with van der Waals surface area (Å²) in [6, 6.07) is 0. The first-order valence-electron chi connectivity index (χ1n) is 5.23. The van der Waals surface area contributed by atoms with Gasteiger partial charge in [-0.15, -0.1) is 0 Å². The van der Waals surface area contributed by atoms with Crippen molar-refractivity contribution in [3.63, 3.8) is 0 Å². The fourth-order valence-corrected chi connectivity index (χ4v) is 2.24. The highest BCUT2D eigenvalue weighted by atomic mass is 16.4. The van der Waals surface area contributed by atoms with Crippen LogP contribution in [0.5, 0.6) is 0 Å². The molecule has 1 fully saturated rings. The Morgan fingerprint density at radius 2 is 2.06 bits per heavy atom. The Morgan fingerprint density at radius 3 is 2.59 bits per heavy atom. The van der Waals surface area contributed by atoms with E-state index in [9.17, 15) is 19.8 Å². The minimum atomic E-state index is -1.15. The molecule has 1 saturated carbocycles. The van der Waals surface area contributed by atoms with Crippen LogP contribution in [-0.2, 0) is 0 Å². The van der Waals surface area contributed by atoms with E-state index in [4.69, 9.17) is 5.11 Å². The van der Waals surface area contributed by atoms with Crippen LogP contribution in [0.25, 0.3) is 0 Å². The lowest BCUT2D eigenvalue weighted by molar-refractivity contribution is 0.00206. The van der Waals surface area contributed by atoms with E-state index in [2.05, 4.69) is 4.42 Å². The van der Waals surface area contributed by atoms with Gasteiger partial charge in [-0.25, -0.2) is 4.79 Å². The highest BCUT2D eigenvalue weighted by Crippen LogP contribution is 2.37. The van der Waals surface area contributed by atoms with Crippen molar-refractivity contribution in [3.05, 3.63) is 32.7 Å². The lowest BCUT2D eigenvalue weighted by Gasteiger charge is -2.15. The molecule has 0 saturated heterocycles. The third-order valence-electron chi connectivity index (χ3n) is 3.21. The molecule has 4 N–H and O–H groups in total. The minimum Gasteiger partial charge on any atom is -0.417 e. The van der Waals surface area contributed by atoms with Gasteiger partial charge in [0, 0.05) is 18.4 Å².